The number of ether oxygens (including phenoxy) is 2. The first-order valence-corrected chi connectivity index (χ1v) is 9.88. The number of nitrogen functional groups attached to an aromatic ring is 1. The molecule has 2 aromatic rings. The second-order valence-electron chi connectivity index (χ2n) is 7.75. The summed E-state index contributed by atoms with van der Waals surface area (Å²) in [5.41, 5.74) is 5.21. The molecular formula is C20H20F3N5O4. The van der Waals surface area contributed by atoms with E-state index in [-0.39, 0.29) is 29.8 Å². The van der Waals surface area contributed by atoms with E-state index in [1.807, 2.05) is 0 Å². The van der Waals surface area contributed by atoms with Gasteiger partial charge in [-0.25, -0.2) is 19.7 Å². The molecule has 1 aromatic heterocycles. The fourth-order valence-corrected chi connectivity index (χ4v) is 3.95. The molecule has 0 atom stereocenters. The summed E-state index contributed by atoms with van der Waals surface area (Å²) in [6, 6.07) is 4.97. The van der Waals surface area contributed by atoms with Crippen molar-refractivity contribution < 1.29 is 32.2 Å². The van der Waals surface area contributed by atoms with Gasteiger partial charge >= 0.3 is 12.5 Å². The van der Waals surface area contributed by atoms with Crippen molar-refractivity contribution in [2.45, 2.75) is 37.6 Å². The quantitative estimate of drug-likeness (QED) is 0.683. The molecule has 170 valence electrons. The number of nitrogens with two attached hydrogens (primary N) is 1. The van der Waals surface area contributed by atoms with Crippen LogP contribution in [0.1, 0.15) is 25.7 Å². The van der Waals surface area contributed by atoms with Gasteiger partial charge in [0.2, 0.25) is 11.9 Å². The number of nitrogens with one attached hydrogen (secondary N) is 1. The predicted molar refractivity (Wildman–Crippen MR) is 107 cm³/mol. The van der Waals surface area contributed by atoms with Crippen LogP contribution in [0, 0.1) is 5.92 Å². The second kappa shape index (κ2) is 8.17. The Morgan fingerprint density at radius 1 is 1.25 bits per heavy atom. The Kier molecular flexibility index (Phi) is 5.53. The van der Waals surface area contributed by atoms with Gasteiger partial charge in [-0.05, 0) is 43.9 Å². The van der Waals surface area contributed by atoms with E-state index in [0.29, 0.717) is 25.7 Å². The van der Waals surface area contributed by atoms with Crippen LogP contribution < -0.4 is 20.7 Å². The maximum Gasteiger partial charge on any atom is 0.573 e. The minimum Gasteiger partial charge on any atom is -0.441 e. The Morgan fingerprint density at radius 3 is 2.59 bits per heavy atom. The molecule has 4 rings (SSSR count). The van der Waals surface area contributed by atoms with E-state index in [9.17, 15) is 22.8 Å². The second-order valence-corrected chi connectivity index (χ2v) is 7.75. The Balaban J connectivity index is 1.37. The van der Waals surface area contributed by atoms with E-state index in [0.717, 1.165) is 12.1 Å². The fourth-order valence-electron chi connectivity index (χ4n) is 3.95. The number of carbonyl (C=O) groups is 2. The lowest BCUT2D eigenvalue weighted by Crippen LogP contribution is -2.41. The molecule has 3 N–H and O–H groups in total. The monoisotopic (exact) mass is 451 g/mol. The van der Waals surface area contributed by atoms with Gasteiger partial charge < -0.3 is 20.5 Å². The van der Waals surface area contributed by atoms with Gasteiger partial charge in [-0.3, -0.25) is 4.79 Å². The molecule has 1 saturated heterocycles. The van der Waals surface area contributed by atoms with Gasteiger partial charge in [-0.1, -0.05) is 0 Å². The number of hydrogen-bond acceptors (Lipinski definition) is 7. The normalized spacial score (nSPS) is 23.2. The number of alkyl halides is 3. The van der Waals surface area contributed by atoms with Crippen molar-refractivity contribution in [1.82, 2.24) is 9.97 Å². The third kappa shape index (κ3) is 4.68. The van der Waals surface area contributed by atoms with Crippen LogP contribution in [0.5, 0.6) is 5.75 Å². The SMILES string of the molecule is Nc1ccc(OC(F)(F)F)cc1NC(=O)[C@H]1CC[C@]2(CC1)CN(c1ncccn1)C(=O)O2. The lowest BCUT2D eigenvalue weighted by Gasteiger charge is -2.34. The lowest BCUT2D eigenvalue weighted by molar-refractivity contribution is -0.274. The third-order valence-corrected chi connectivity index (χ3v) is 5.55. The molecule has 1 spiro atoms. The minimum atomic E-state index is -4.85. The summed E-state index contributed by atoms with van der Waals surface area (Å²) < 4.78 is 46.8. The zero-order valence-electron chi connectivity index (χ0n) is 16.8. The number of amides is 2. The standard InChI is InChI=1S/C20H20F3N5O4/c21-20(22,23)31-13-2-3-14(24)15(10-13)27-16(29)12-4-6-19(7-5-12)11-28(18(30)32-19)17-25-8-1-9-26-17/h1-3,8-10,12H,4-7,11,24H2,(H,27,29)/t12-,19-. The van der Waals surface area contributed by atoms with Crippen LogP contribution in [-0.4, -0.2) is 40.5 Å². The summed E-state index contributed by atoms with van der Waals surface area (Å²) >= 11 is 0. The molecule has 0 bridgehead atoms. The van der Waals surface area contributed by atoms with E-state index in [1.165, 1.54) is 23.4 Å². The molecule has 0 unspecified atom stereocenters. The van der Waals surface area contributed by atoms with Crippen molar-refractivity contribution in [3.05, 3.63) is 36.7 Å². The molecule has 2 fully saturated rings. The molecule has 1 aromatic carbocycles. The van der Waals surface area contributed by atoms with Gasteiger partial charge in [-0.2, -0.15) is 0 Å². The molecule has 1 aliphatic carbocycles. The smallest absolute Gasteiger partial charge is 0.441 e. The van der Waals surface area contributed by atoms with E-state index >= 15 is 0 Å². The first-order valence-electron chi connectivity index (χ1n) is 9.88. The minimum absolute atomic E-state index is 0.0386. The average molecular weight is 451 g/mol. The highest BCUT2D eigenvalue weighted by atomic mass is 19.4. The Labute approximate surface area is 180 Å². The largest absolute Gasteiger partial charge is 0.573 e. The molecule has 12 heteroatoms. The van der Waals surface area contributed by atoms with Gasteiger partial charge in [0.15, 0.2) is 0 Å². The fraction of sp³-hybridized carbons (Fsp3) is 0.400. The summed E-state index contributed by atoms with van der Waals surface area (Å²) in [4.78, 5) is 34.5. The van der Waals surface area contributed by atoms with Crippen LogP contribution in [0.25, 0.3) is 0 Å². The molecule has 32 heavy (non-hydrogen) atoms. The van der Waals surface area contributed by atoms with Gasteiger partial charge in [0.25, 0.3) is 0 Å². The highest BCUT2D eigenvalue weighted by Crippen LogP contribution is 2.40. The Morgan fingerprint density at radius 2 is 1.94 bits per heavy atom. The molecule has 2 aliphatic rings. The number of aromatic nitrogens is 2. The number of benzene rings is 1. The van der Waals surface area contributed by atoms with Crippen molar-refractivity contribution in [3.63, 3.8) is 0 Å². The average Bonchev–Trinajstić information content (AvgIpc) is 3.06. The van der Waals surface area contributed by atoms with Crippen LogP contribution in [-0.2, 0) is 9.53 Å². The van der Waals surface area contributed by atoms with E-state index in [2.05, 4.69) is 20.0 Å². The molecule has 2 amide bonds. The summed E-state index contributed by atoms with van der Waals surface area (Å²) in [5, 5.41) is 2.58. The third-order valence-electron chi connectivity index (χ3n) is 5.55. The predicted octanol–water partition coefficient (Wildman–Crippen LogP) is 3.48. The number of halogens is 3. The van der Waals surface area contributed by atoms with E-state index in [1.54, 1.807) is 6.07 Å². The molecule has 0 radical (unpaired) electrons. The number of carbonyl (C=O) groups excluding carboxylic acids is 2. The van der Waals surface area contributed by atoms with Crippen LogP contribution in [0.2, 0.25) is 0 Å². The number of hydrogen-bond donors (Lipinski definition) is 2. The highest BCUT2D eigenvalue weighted by molar-refractivity contribution is 5.95. The van der Waals surface area contributed by atoms with E-state index < -0.39 is 29.7 Å². The maximum atomic E-state index is 12.7. The Bertz CT molecular complexity index is 1010. The van der Waals surface area contributed by atoms with Crippen LogP contribution in [0.15, 0.2) is 36.7 Å². The zero-order valence-corrected chi connectivity index (χ0v) is 16.8. The first-order chi connectivity index (χ1) is 15.1. The highest BCUT2D eigenvalue weighted by Gasteiger charge is 2.49. The summed E-state index contributed by atoms with van der Waals surface area (Å²) in [5.74, 6) is -1.01. The molecule has 9 nitrogen and oxygen atoms in total. The van der Waals surface area contributed by atoms with Gasteiger partial charge in [-0.15, -0.1) is 13.2 Å². The van der Waals surface area contributed by atoms with Crippen molar-refractivity contribution in [2.24, 2.45) is 5.92 Å². The molecule has 2 heterocycles. The van der Waals surface area contributed by atoms with Crippen molar-refractivity contribution in [1.29, 1.82) is 0 Å². The number of anilines is 3. The summed E-state index contributed by atoms with van der Waals surface area (Å²) in [6.45, 7) is 0.286. The number of nitrogens with zero attached hydrogens (tertiary/aromatic N) is 3. The van der Waals surface area contributed by atoms with E-state index in [4.69, 9.17) is 10.5 Å². The Hall–Kier alpha value is -3.57. The first kappa shape index (κ1) is 21.7. The van der Waals surface area contributed by atoms with Crippen LogP contribution in [0.4, 0.5) is 35.3 Å². The van der Waals surface area contributed by atoms with Gasteiger partial charge in [0.1, 0.15) is 11.4 Å². The number of rotatable bonds is 4. The van der Waals surface area contributed by atoms with Gasteiger partial charge in [0.05, 0.1) is 17.9 Å². The molecular weight excluding hydrogens is 431 g/mol. The maximum absolute atomic E-state index is 12.7. The molecule has 1 aliphatic heterocycles. The van der Waals surface area contributed by atoms with Crippen LogP contribution in [0.3, 0.4) is 0 Å². The summed E-state index contributed by atoms with van der Waals surface area (Å²) in [7, 11) is 0. The lowest BCUT2D eigenvalue weighted by atomic mass is 9.78. The van der Waals surface area contributed by atoms with Crippen molar-refractivity contribution in [2.75, 3.05) is 22.5 Å². The summed E-state index contributed by atoms with van der Waals surface area (Å²) in [6.07, 6.45) is -0.562. The van der Waals surface area contributed by atoms with Crippen molar-refractivity contribution in [3.8, 4) is 5.75 Å². The molecule has 1 saturated carbocycles. The van der Waals surface area contributed by atoms with Crippen molar-refractivity contribution >= 4 is 29.3 Å². The van der Waals surface area contributed by atoms with Gasteiger partial charge in [0, 0.05) is 24.4 Å². The zero-order chi connectivity index (χ0) is 22.9. The van der Waals surface area contributed by atoms with Crippen LogP contribution >= 0.6 is 0 Å². The topological polar surface area (TPSA) is 120 Å².